The van der Waals surface area contributed by atoms with Crippen LogP contribution in [0.4, 0.5) is 5.82 Å². The van der Waals surface area contributed by atoms with Gasteiger partial charge in [0.15, 0.2) is 0 Å². The van der Waals surface area contributed by atoms with Crippen LogP contribution >= 0.6 is 0 Å². The summed E-state index contributed by atoms with van der Waals surface area (Å²) in [6.07, 6.45) is 0. The van der Waals surface area contributed by atoms with Crippen LogP contribution in [-0.4, -0.2) is 11.6 Å². The predicted octanol–water partition coefficient (Wildman–Crippen LogP) is 4.58. The van der Waals surface area contributed by atoms with Gasteiger partial charge in [-0.3, -0.25) is 0 Å². The minimum absolute atomic E-state index is 0.253. The van der Waals surface area contributed by atoms with Crippen LogP contribution < -0.4 is 10.5 Å². The number of nitriles is 1. The van der Waals surface area contributed by atoms with E-state index in [1.807, 2.05) is 68.4 Å². The molecule has 25 heavy (non-hydrogen) atoms. The van der Waals surface area contributed by atoms with E-state index in [9.17, 15) is 5.26 Å². The second-order valence-corrected chi connectivity index (χ2v) is 5.64. The molecular weight excluding hydrogens is 310 g/mol. The molecule has 3 rings (SSSR count). The van der Waals surface area contributed by atoms with Crippen molar-refractivity contribution in [1.29, 1.82) is 5.26 Å². The van der Waals surface area contributed by atoms with E-state index in [0.717, 1.165) is 33.7 Å². The molecule has 0 aliphatic heterocycles. The molecule has 4 heteroatoms. The second kappa shape index (κ2) is 7.06. The van der Waals surface area contributed by atoms with Gasteiger partial charge in [0.25, 0.3) is 0 Å². The molecule has 1 heterocycles. The van der Waals surface area contributed by atoms with Crippen LogP contribution in [-0.2, 0) is 0 Å². The van der Waals surface area contributed by atoms with E-state index in [1.54, 1.807) is 0 Å². The largest absolute Gasteiger partial charge is 0.494 e. The van der Waals surface area contributed by atoms with E-state index < -0.39 is 0 Å². The molecular formula is C21H19N3O. The van der Waals surface area contributed by atoms with Gasteiger partial charge in [0.1, 0.15) is 23.2 Å². The van der Waals surface area contributed by atoms with E-state index in [0.29, 0.717) is 12.2 Å². The van der Waals surface area contributed by atoms with Crippen LogP contribution in [0.15, 0.2) is 54.6 Å². The van der Waals surface area contributed by atoms with Gasteiger partial charge in [0.2, 0.25) is 0 Å². The number of benzene rings is 2. The Balaban J connectivity index is 2.28. The van der Waals surface area contributed by atoms with Gasteiger partial charge in [0, 0.05) is 16.8 Å². The summed E-state index contributed by atoms with van der Waals surface area (Å²) >= 11 is 0. The summed E-state index contributed by atoms with van der Waals surface area (Å²) < 4.78 is 5.51. The Morgan fingerprint density at radius 3 is 2.24 bits per heavy atom. The van der Waals surface area contributed by atoms with Crippen LogP contribution in [0.3, 0.4) is 0 Å². The first kappa shape index (κ1) is 16.5. The summed E-state index contributed by atoms with van der Waals surface area (Å²) in [5.41, 5.74) is 10.9. The average Bonchev–Trinajstić information content (AvgIpc) is 2.63. The maximum absolute atomic E-state index is 9.67. The average molecular weight is 329 g/mol. The molecule has 0 fully saturated rings. The number of ether oxygens (including phenoxy) is 1. The van der Waals surface area contributed by atoms with Gasteiger partial charge in [-0.15, -0.1) is 0 Å². The van der Waals surface area contributed by atoms with E-state index in [-0.39, 0.29) is 5.82 Å². The molecule has 0 saturated carbocycles. The number of pyridine rings is 1. The Morgan fingerprint density at radius 2 is 1.64 bits per heavy atom. The molecule has 0 spiro atoms. The number of hydrogen-bond donors (Lipinski definition) is 1. The fourth-order valence-electron chi connectivity index (χ4n) is 2.97. The lowest BCUT2D eigenvalue weighted by atomic mass is 9.90. The van der Waals surface area contributed by atoms with Gasteiger partial charge < -0.3 is 10.5 Å². The second-order valence-electron chi connectivity index (χ2n) is 5.64. The number of rotatable bonds is 4. The first-order valence-electron chi connectivity index (χ1n) is 8.14. The highest BCUT2D eigenvalue weighted by Crippen LogP contribution is 2.39. The van der Waals surface area contributed by atoms with Crippen LogP contribution in [0, 0.1) is 18.3 Å². The van der Waals surface area contributed by atoms with Gasteiger partial charge in [-0.1, -0.05) is 42.5 Å². The van der Waals surface area contributed by atoms with Crippen LogP contribution in [0.25, 0.3) is 22.3 Å². The number of nitrogens with two attached hydrogens (primary N) is 1. The Kier molecular flexibility index (Phi) is 4.67. The molecule has 0 aliphatic rings. The molecule has 0 unspecified atom stereocenters. The molecule has 124 valence electrons. The lowest BCUT2D eigenvalue weighted by Gasteiger charge is -2.16. The molecule has 0 amide bonds. The quantitative estimate of drug-likeness (QED) is 0.760. The molecule has 1 aromatic heterocycles. The number of aromatic nitrogens is 1. The molecule has 2 aromatic carbocycles. The highest BCUT2D eigenvalue weighted by molar-refractivity contribution is 5.91. The lowest BCUT2D eigenvalue weighted by molar-refractivity contribution is 0.340. The lowest BCUT2D eigenvalue weighted by Crippen LogP contribution is -2.03. The molecule has 2 N–H and O–H groups in total. The molecule has 4 nitrogen and oxygen atoms in total. The minimum Gasteiger partial charge on any atom is -0.494 e. The normalized spacial score (nSPS) is 10.3. The van der Waals surface area contributed by atoms with Gasteiger partial charge >= 0.3 is 0 Å². The fourth-order valence-corrected chi connectivity index (χ4v) is 2.97. The van der Waals surface area contributed by atoms with Crippen molar-refractivity contribution in [1.82, 2.24) is 4.98 Å². The number of hydrogen-bond acceptors (Lipinski definition) is 4. The van der Waals surface area contributed by atoms with E-state index >= 15 is 0 Å². The molecule has 0 aliphatic carbocycles. The van der Waals surface area contributed by atoms with Crippen molar-refractivity contribution in [3.05, 3.63) is 65.9 Å². The third-order valence-electron chi connectivity index (χ3n) is 4.03. The number of nitrogen functional groups attached to an aromatic ring is 1. The number of aryl methyl sites for hydroxylation is 1. The van der Waals surface area contributed by atoms with Crippen LogP contribution in [0.1, 0.15) is 18.2 Å². The standard InChI is InChI=1S/C21H19N3O/c1-3-25-17-11-9-16(10-12-17)20-18(13-22)21(23)24-14(2)19(20)15-7-5-4-6-8-15/h4-12H,3H2,1-2H3,(H2,23,24). The van der Waals surface area contributed by atoms with Crippen LogP contribution in [0.2, 0.25) is 0 Å². The summed E-state index contributed by atoms with van der Waals surface area (Å²) in [4.78, 5) is 4.38. The minimum atomic E-state index is 0.253. The first-order chi connectivity index (χ1) is 12.2. The highest BCUT2D eigenvalue weighted by Gasteiger charge is 2.19. The van der Waals surface area contributed by atoms with Crippen molar-refractivity contribution in [3.8, 4) is 34.1 Å². The monoisotopic (exact) mass is 329 g/mol. The van der Waals surface area contributed by atoms with Gasteiger partial charge in [0.05, 0.1) is 6.61 Å². The molecule has 0 bridgehead atoms. The predicted molar refractivity (Wildman–Crippen MR) is 100 cm³/mol. The Morgan fingerprint density at radius 1 is 1.00 bits per heavy atom. The maximum Gasteiger partial charge on any atom is 0.142 e. The number of anilines is 1. The van der Waals surface area contributed by atoms with Gasteiger partial charge in [-0.25, -0.2) is 4.98 Å². The van der Waals surface area contributed by atoms with Crippen molar-refractivity contribution >= 4 is 5.82 Å². The SMILES string of the molecule is CCOc1ccc(-c2c(C#N)c(N)nc(C)c2-c2ccccc2)cc1. The van der Waals surface area contributed by atoms with E-state index in [2.05, 4.69) is 11.1 Å². The van der Waals surface area contributed by atoms with Gasteiger partial charge in [-0.05, 0) is 37.1 Å². The van der Waals surface area contributed by atoms with Crippen LogP contribution in [0.5, 0.6) is 5.75 Å². The molecule has 3 aromatic rings. The zero-order valence-electron chi connectivity index (χ0n) is 14.3. The molecule has 0 saturated heterocycles. The Labute approximate surface area is 147 Å². The Bertz CT molecular complexity index is 926. The molecule has 0 radical (unpaired) electrons. The summed E-state index contributed by atoms with van der Waals surface area (Å²) in [5.74, 6) is 1.05. The van der Waals surface area contributed by atoms with Crippen molar-refractivity contribution in [3.63, 3.8) is 0 Å². The van der Waals surface area contributed by atoms with Crippen molar-refractivity contribution in [2.24, 2.45) is 0 Å². The van der Waals surface area contributed by atoms with Crippen molar-refractivity contribution in [2.45, 2.75) is 13.8 Å². The smallest absolute Gasteiger partial charge is 0.142 e. The highest BCUT2D eigenvalue weighted by atomic mass is 16.5. The summed E-state index contributed by atoms with van der Waals surface area (Å²) in [6, 6.07) is 19.9. The van der Waals surface area contributed by atoms with E-state index in [1.165, 1.54) is 0 Å². The van der Waals surface area contributed by atoms with Gasteiger partial charge in [-0.2, -0.15) is 5.26 Å². The summed E-state index contributed by atoms with van der Waals surface area (Å²) in [6.45, 7) is 4.47. The van der Waals surface area contributed by atoms with Crippen molar-refractivity contribution < 1.29 is 4.74 Å². The third-order valence-corrected chi connectivity index (χ3v) is 4.03. The summed E-state index contributed by atoms with van der Waals surface area (Å²) in [5, 5.41) is 9.67. The zero-order chi connectivity index (χ0) is 17.8. The van der Waals surface area contributed by atoms with Crippen molar-refractivity contribution in [2.75, 3.05) is 12.3 Å². The topological polar surface area (TPSA) is 71.9 Å². The first-order valence-corrected chi connectivity index (χ1v) is 8.14. The summed E-state index contributed by atoms with van der Waals surface area (Å²) in [7, 11) is 0. The zero-order valence-corrected chi connectivity index (χ0v) is 14.3. The Hall–Kier alpha value is -3.32. The number of nitrogens with zero attached hydrogens (tertiary/aromatic N) is 2. The maximum atomic E-state index is 9.67. The molecule has 0 atom stereocenters. The van der Waals surface area contributed by atoms with E-state index in [4.69, 9.17) is 10.5 Å². The fraction of sp³-hybridized carbons (Fsp3) is 0.143. The third kappa shape index (κ3) is 3.17.